The largest absolute Gasteiger partial charge is 0.494 e. The predicted molar refractivity (Wildman–Crippen MR) is 120 cm³/mol. The predicted octanol–water partition coefficient (Wildman–Crippen LogP) is 4.07. The van der Waals surface area contributed by atoms with Crippen LogP contribution in [0.25, 0.3) is 0 Å². The van der Waals surface area contributed by atoms with E-state index < -0.39 is 5.25 Å². The molecule has 1 aliphatic heterocycles. The van der Waals surface area contributed by atoms with Crippen LogP contribution < -0.4 is 14.8 Å². The topological polar surface area (TPSA) is 80.2 Å². The molecule has 1 saturated heterocycles. The van der Waals surface area contributed by atoms with Crippen LogP contribution in [0.2, 0.25) is 0 Å². The van der Waals surface area contributed by atoms with Gasteiger partial charge in [-0.25, -0.2) is 4.99 Å². The third-order valence-electron chi connectivity index (χ3n) is 4.46. The van der Waals surface area contributed by atoms with E-state index in [0.717, 1.165) is 5.75 Å². The normalized spacial score (nSPS) is 17.3. The fourth-order valence-corrected chi connectivity index (χ4v) is 4.24. The lowest BCUT2D eigenvalue weighted by Gasteiger charge is -2.14. The lowest BCUT2D eigenvalue weighted by molar-refractivity contribution is -0.128. The van der Waals surface area contributed by atoms with Crippen LogP contribution in [0, 0.1) is 0 Å². The number of amides is 2. The smallest absolute Gasteiger partial charge is 0.242 e. The monoisotopic (exact) mass is 427 g/mol. The van der Waals surface area contributed by atoms with Crippen LogP contribution in [0.4, 0.5) is 11.4 Å². The fourth-order valence-electron chi connectivity index (χ4n) is 3.02. The number of para-hydroxylation sites is 2. The summed E-state index contributed by atoms with van der Waals surface area (Å²) < 4.78 is 10.7. The van der Waals surface area contributed by atoms with E-state index in [1.807, 2.05) is 38.1 Å². The number of methoxy groups -OCH3 is 1. The van der Waals surface area contributed by atoms with Gasteiger partial charge in [0.05, 0.1) is 13.7 Å². The van der Waals surface area contributed by atoms with E-state index in [9.17, 15) is 9.59 Å². The molecule has 2 amide bonds. The number of ether oxygens (including phenoxy) is 2. The van der Waals surface area contributed by atoms with Crippen LogP contribution >= 0.6 is 11.8 Å². The highest BCUT2D eigenvalue weighted by Crippen LogP contribution is 2.34. The molecular formula is C22H25N3O4S. The molecule has 1 aliphatic rings. The summed E-state index contributed by atoms with van der Waals surface area (Å²) in [7, 11) is 1.58. The van der Waals surface area contributed by atoms with Gasteiger partial charge in [-0.1, -0.05) is 23.9 Å². The first-order valence-electron chi connectivity index (χ1n) is 9.78. The second kappa shape index (κ2) is 10.2. The molecule has 0 aliphatic carbocycles. The Bertz CT molecular complexity index is 930. The van der Waals surface area contributed by atoms with Crippen LogP contribution in [-0.2, 0) is 9.59 Å². The third-order valence-corrected chi connectivity index (χ3v) is 5.63. The Labute approximate surface area is 180 Å². The van der Waals surface area contributed by atoms with E-state index in [1.54, 1.807) is 36.3 Å². The van der Waals surface area contributed by atoms with Crippen LogP contribution in [0.5, 0.6) is 11.5 Å². The van der Waals surface area contributed by atoms with Gasteiger partial charge in [0, 0.05) is 18.7 Å². The number of carbonyl (C=O) groups excluding carboxylic acids is 2. The van der Waals surface area contributed by atoms with E-state index in [4.69, 9.17) is 9.47 Å². The molecule has 1 fully saturated rings. The zero-order chi connectivity index (χ0) is 21.5. The van der Waals surface area contributed by atoms with Crippen molar-refractivity contribution in [3.63, 3.8) is 0 Å². The van der Waals surface area contributed by atoms with Gasteiger partial charge >= 0.3 is 0 Å². The zero-order valence-electron chi connectivity index (χ0n) is 17.3. The summed E-state index contributed by atoms with van der Waals surface area (Å²) in [6, 6.07) is 14.5. The van der Waals surface area contributed by atoms with Crippen LogP contribution in [0.1, 0.15) is 20.3 Å². The van der Waals surface area contributed by atoms with Crippen LogP contribution in [-0.4, -0.2) is 47.4 Å². The minimum Gasteiger partial charge on any atom is -0.494 e. The average molecular weight is 428 g/mol. The maximum Gasteiger partial charge on any atom is 0.242 e. The Morgan fingerprint density at radius 1 is 1.17 bits per heavy atom. The Balaban J connectivity index is 1.68. The summed E-state index contributed by atoms with van der Waals surface area (Å²) in [5, 5.41) is 2.90. The van der Waals surface area contributed by atoms with Gasteiger partial charge in [0.15, 0.2) is 5.17 Å². The number of carbonyl (C=O) groups is 2. The van der Waals surface area contributed by atoms with Gasteiger partial charge in [-0.2, -0.15) is 0 Å². The highest BCUT2D eigenvalue weighted by atomic mass is 32.2. The lowest BCUT2D eigenvalue weighted by Crippen LogP contribution is -2.33. The van der Waals surface area contributed by atoms with Gasteiger partial charge < -0.3 is 14.8 Å². The molecule has 7 nitrogen and oxygen atoms in total. The number of rotatable bonds is 8. The van der Waals surface area contributed by atoms with Crippen LogP contribution in [0.3, 0.4) is 0 Å². The maximum atomic E-state index is 12.8. The quantitative estimate of drug-likeness (QED) is 0.687. The molecule has 158 valence electrons. The number of hydrogen-bond acceptors (Lipinski definition) is 6. The fraction of sp³-hybridized carbons (Fsp3) is 0.318. The first-order valence-corrected chi connectivity index (χ1v) is 10.7. The molecular weight excluding hydrogens is 402 g/mol. The Morgan fingerprint density at radius 3 is 2.57 bits per heavy atom. The van der Waals surface area contributed by atoms with Crippen molar-refractivity contribution >= 4 is 40.1 Å². The molecule has 2 aromatic carbocycles. The van der Waals surface area contributed by atoms with Crippen molar-refractivity contribution in [2.24, 2.45) is 4.99 Å². The van der Waals surface area contributed by atoms with E-state index in [2.05, 4.69) is 10.3 Å². The van der Waals surface area contributed by atoms with Gasteiger partial charge in [0.2, 0.25) is 11.8 Å². The molecule has 1 N–H and O–H groups in total. The lowest BCUT2D eigenvalue weighted by atomic mass is 10.2. The summed E-state index contributed by atoms with van der Waals surface area (Å²) >= 11 is 1.30. The van der Waals surface area contributed by atoms with Gasteiger partial charge in [-0.05, 0) is 50.2 Å². The van der Waals surface area contributed by atoms with Crippen LogP contribution in [0.15, 0.2) is 53.5 Å². The second-order valence-corrected chi connectivity index (χ2v) is 7.63. The van der Waals surface area contributed by atoms with Crippen molar-refractivity contribution in [2.75, 3.05) is 25.6 Å². The molecule has 8 heteroatoms. The van der Waals surface area contributed by atoms with Crippen molar-refractivity contribution in [2.45, 2.75) is 25.5 Å². The highest BCUT2D eigenvalue weighted by molar-refractivity contribution is 8.15. The zero-order valence-corrected chi connectivity index (χ0v) is 18.1. The molecule has 2 aromatic rings. The van der Waals surface area contributed by atoms with E-state index >= 15 is 0 Å². The van der Waals surface area contributed by atoms with Gasteiger partial charge in [-0.15, -0.1) is 0 Å². The standard InChI is InChI=1S/C22H25N3O4S/c1-4-25-21(27)19(30-22(25)24-17-8-6-7-9-18(17)28-3)14-20(26)23-15-10-12-16(13-11-15)29-5-2/h6-13,19H,4-5,14H2,1-3H3,(H,23,26)/t19-/m1/s1. The first-order chi connectivity index (χ1) is 14.5. The number of amidine groups is 1. The summed E-state index contributed by atoms with van der Waals surface area (Å²) in [5.41, 5.74) is 1.31. The van der Waals surface area contributed by atoms with E-state index in [1.165, 1.54) is 11.8 Å². The molecule has 1 heterocycles. The molecule has 0 radical (unpaired) electrons. The molecule has 0 bridgehead atoms. The number of benzene rings is 2. The molecule has 0 unspecified atom stereocenters. The van der Waals surface area contributed by atoms with Gasteiger partial charge in [0.25, 0.3) is 0 Å². The second-order valence-electron chi connectivity index (χ2n) is 6.46. The maximum absolute atomic E-state index is 12.8. The minimum absolute atomic E-state index is 0.0676. The summed E-state index contributed by atoms with van der Waals surface area (Å²) in [5.74, 6) is 1.04. The van der Waals surface area contributed by atoms with Crippen molar-refractivity contribution in [3.8, 4) is 11.5 Å². The highest BCUT2D eigenvalue weighted by Gasteiger charge is 2.38. The Kier molecular flexibility index (Phi) is 7.35. The third kappa shape index (κ3) is 5.13. The van der Waals surface area contributed by atoms with Crippen molar-refractivity contribution in [1.82, 2.24) is 4.90 Å². The van der Waals surface area contributed by atoms with Crippen molar-refractivity contribution in [3.05, 3.63) is 48.5 Å². The number of aliphatic imine (C=N–C) groups is 1. The summed E-state index contributed by atoms with van der Waals surface area (Å²) in [4.78, 5) is 31.5. The Hall–Kier alpha value is -3.00. The van der Waals surface area contributed by atoms with Gasteiger partial charge in [0.1, 0.15) is 22.4 Å². The minimum atomic E-state index is -0.513. The number of nitrogens with zero attached hydrogens (tertiary/aromatic N) is 2. The molecule has 0 aromatic heterocycles. The van der Waals surface area contributed by atoms with Crippen molar-refractivity contribution < 1.29 is 19.1 Å². The van der Waals surface area contributed by atoms with Crippen molar-refractivity contribution in [1.29, 1.82) is 0 Å². The van der Waals surface area contributed by atoms with E-state index in [0.29, 0.717) is 35.4 Å². The van der Waals surface area contributed by atoms with E-state index in [-0.39, 0.29) is 18.2 Å². The molecule has 3 rings (SSSR count). The molecule has 0 spiro atoms. The molecule has 1 atom stereocenters. The average Bonchev–Trinajstić information content (AvgIpc) is 3.04. The first kappa shape index (κ1) is 21.7. The summed E-state index contributed by atoms with van der Waals surface area (Å²) in [6.45, 7) is 4.87. The number of anilines is 1. The van der Waals surface area contributed by atoms with Gasteiger partial charge in [-0.3, -0.25) is 14.5 Å². The molecule has 0 saturated carbocycles. The Morgan fingerprint density at radius 2 is 1.90 bits per heavy atom. The number of thioether (sulfide) groups is 1. The molecule has 30 heavy (non-hydrogen) atoms. The number of hydrogen-bond donors (Lipinski definition) is 1. The summed E-state index contributed by atoms with van der Waals surface area (Å²) in [6.07, 6.45) is 0.0676. The SMILES string of the molecule is CCOc1ccc(NC(=O)C[C@H]2SC(=Nc3ccccc3OC)N(CC)C2=O)cc1. The number of nitrogens with one attached hydrogen (secondary N) is 1.